The first-order valence-electron chi connectivity index (χ1n) is 11.0. The van der Waals surface area contributed by atoms with E-state index >= 15 is 0 Å². The van der Waals surface area contributed by atoms with E-state index in [1.165, 1.54) is 17.0 Å². The predicted molar refractivity (Wildman–Crippen MR) is 127 cm³/mol. The van der Waals surface area contributed by atoms with E-state index in [1.807, 2.05) is 13.8 Å². The topological polar surface area (TPSA) is 90.3 Å². The van der Waals surface area contributed by atoms with Crippen LogP contribution in [0.3, 0.4) is 0 Å². The number of phenolic OH excluding ortho intramolecular Hbond substituents is 1. The second-order valence-electron chi connectivity index (χ2n) is 7.73. The van der Waals surface area contributed by atoms with Crippen molar-refractivity contribution in [3.05, 3.63) is 77.9 Å². The fourth-order valence-electron chi connectivity index (χ4n) is 3.92. The molecule has 1 amide bonds. The van der Waals surface area contributed by atoms with Gasteiger partial charge in [-0.05, 0) is 55.1 Å². The van der Waals surface area contributed by atoms with Crippen molar-refractivity contribution >= 4 is 17.4 Å². The summed E-state index contributed by atoms with van der Waals surface area (Å²) < 4.78 is 5.47. The maximum atomic E-state index is 13.1. The van der Waals surface area contributed by atoms with Crippen molar-refractivity contribution in [3.63, 3.8) is 0 Å². The highest BCUT2D eigenvalue weighted by Gasteiger charge is 2.45. The van der Waals surface area contributed by atoms with Crippen LogP contribution in [0.2, 0.25) is 0 Å². The van der Waals surface area contributed by atoms with Gasteiger partial charge in [-0.15, -0.1) is 0 Å². The molecule has 1 aliphatic rings. The monoisotopic (exact) mass is 450 g/mol. The summed E-state index contributed by atoms with van der Waals surface area (Å²) in [6.07, 6.45) is 1.63. The second-order valence-corrected chi connectivity index (χ2v) is 7.73. The summed E-state index contributed by atoms with van der Waals surface area (Å²) in [5.74, 6) is -0.938. The summed E-state index contributed by atoms with van der Waals surface area (Å²) in [6.45, 7) is 10.6. The van der Waals surface area contributed by atoms with Gasteiger partial charge in [-0.2, -0.15) is 0 Å². The average Bonchev–Trinajstić information content (AvgIpc) is 3.08. The molecule has 1 saturated heterocycles. The lowest BCUT2D eigenvalue weighted by Gasteiger charge is -2.28. The molecule has 2 aromatic rings. The van der Waals surface area contributed by atoms with Gasteiger partial charge >= 0.3 is 0 Å². The zero-order valence-electron chi connectivity index (χ0n) is 19.0. The molecular formula is C26H30N2O5. The van der Waals surface area contributed by atoms with Gasteiger partial charge in [-0.3, -0.25) is 9.59 Å². The Labute approximate surface area is 194 Å². The number of carbonyl (C=O) groups excluding carboxylic acids is 2. The van der Waals surface area contributed by atoms with Crippen LogP contribution in [0.5, 0.6) is 11.5 Å². The standard InChI is InChI=1S/C26H30N2O5/c1-4-17-33-21-13-9-19(10-14-21)24(30)22-23(18-7-11-20(29)12-8-18)28(26(32)25(22)31)16-15-27(5-2)6-3/h4,7-14,23,29-30H,1,5-6,15-17H2,2-3H3/t23-/m1/s1. The summed E-state index contributed by atoms with van der Waals surface area (Å²) in [7, 11) is 0. The number of aliphatic hydroxyl groups is 1. The second kappa shape index (κ2) is 10.8. The molecule has 174 valence electrons. The molecule has 2 aromatic carbocycles. The Kier molecular flexibility index (Phi) is 7.90. The van der Waals surface area contributed by atoms with Crippen LogP contribution in [0.15, 0.2) is 66.8 Å². The van der Waals surface area contributed by atoms with Crippen LogP contribution >= 0.6 is 0 Å². The molecular weight excluding hydrogens is 420 g/mol. The van der Waals surface area contributed by atoms with Gasteiger partial charge in [0.15, 0.2) is 0 Å². The van der Waals surface area contributed by atoms with Crippen LogP contribution < -0.4 is 4.74 Å². The van der Waals surface area contributed by atoms with Gasteiger partial charge in [0, 0.05) is 18.7 Å². The minimum Gasteiger partial charge on any atom is -0.508 e. The lowest BCUT2D eigenvalue weighted by Crippen LogP contribution is -2.38. The van der Waals surface area contributed by atoms with Gasteiger partial charge in [0.25, 0.3) is 11.7 Å². The van der Waals surface area contributed by atoms with Gasteiger partial charge in [-0.25, -0.2) is 0 Å². The van der Waals surface area contributed by atoms with Crippen LogP contribution in [0.4, 0.5) is 0 Å². The van der Waals surface area contributed by atoms with Crippen molar-refractivity contribution in [1.82, 2.24) is 9.80 Å². The lowest BCUT2D eigenvalue weighted by atomic mass is 9.95. The molecule has 0 saturated carbocycles. The molecule has 7 nitrogen and oxygen atoms in total. The van der Waals surface area contributed by atoms with E-state index in [-0.39, 0.29) is 17.1 Å². The van der Waals surface area contributed by atoms with E-state index in [0.29, 0.717) is 36.6 Å². The van der Waals surface area contributed by atoms with E-state index in [1.54, 1.807) is 42.5 Å². The number of likely N-dealkylation sites (tertiary alicyclic amines) is 1. The molecule has 0 bridgehead atoms. The molecule has 1 heterocycles. The van der Waals surface area contributed by atoms with Crippen LogP contribution in [-0.4, -0.2) is 64.5 Å². The first-order chi connectivity index (χ1) is 15.9. The maximum absolute atomic E-state index is 13.1. The molecule has 1 aliphatic heterocycles. The Morgan fingerprint density at radius 3 is 2.30 bits per heavy atom. The zero-order chi connectivity index (χ0) is 24.0. The number of rotatable bonds is 10. The molecule has 33 heavy (non-hydrogen) atoms. The Balaban J connectivity index is 2.03. The zero-order valence-corrected chi connectivity index (χ0v) is 19.0. The predicted octanol–water partition coefficient (Wildman–Crippen LogP) is 3.72. The van der Waals surface area contributed by atoms with Crippen molar-refractivity contribution in [1.29, 1.82) is 0 Å². The van der Waals surface area contributed by atoms with Gasteiger partial charge < -0.3 is 24.7 Å². The fraction of sp³-hybridized carbons (Fsp3) is 0.308. The van der Waals surface area contributed by atoms with Crippen molar-refractivity contribution < 1.29 is 24.5 Å². The number of aromatic hydroxyl groups is 1. The van der Waals surface area contributed by atoms with Crippen LogP contribution in [0, 0.1) is 0 Å². The van der Waals surface area contributed by atoms with E-state index in [9.17, 15) is 19.8 Å². The maximum Gasteiger partial charge on any atom is 0.295 e. The molecule has 0 spiro atoms. The number of carbonyl (C=O) groups is 2. The number of Topliss-reactive ketones (excluding diaryl/α,β-unsaturated/α-hetero) is 1. The number of hydrogen-bond acceptors (Lipinski definition) is 6. The Bertz CT molecular complexity index is 1020. The molecule has 1 fully saturated rings. The Morgan fingerprint density at radius 2 is 1.73 bits per heavy atom. The molecule has 0 unspecified atom stereocenters. The molecule has 0 radical (unpaired) electrons. The molecule has 1 atom stereocenters. The SMILES string of the molecule is C=CCOc1ccc(C(O)=C2C(=O)C(=O)N(CCN(CC)CC)[C@@H]2c2ccc(O)cc2)cc1. The fourth-order valence-corrected chi connectivity index (χ4v) is 3.92. The summed E-state index contributed by atoms with van der Waals surface area (Å²) in [5, 5.41) is 20.8. The van der Waals surface area contributed by atoms with Gasteiger partial charge in [-0.1, -0.05) is 38.6 Å². The highest BCUT2D eigenvalue weighted by molar-refractivity contribution is 6.46. The van der Waals surface area contributed by atoms with Crippen molar-refractivity contribution in [2.45, 2.75) is 19.9 Å². The number of ether oxygens (including phenoxy) is 1. The molecule has 7 heteroatoms. The Morgan fingerprint density at radius 1 is 1.09 bits per heavy atom. The van der Waals surface area contributed by atoms with Crippen LogP contribution in [0.1, 0.15) is 31.0 Å². The van der Waals surface area contributed by atoms with E-state index < -0.39 is 17.7 Å². The number of ketones is 1. The van der Waals surface area contributed by atoms with Gasteiger partial charge in [0.05, 0.1) is 11.6 Å². The third-order valence-corrected chi connectivity index (χ3v) is 5.80. The molecule has 2 N–H and O–H groups in total. The number of aliphatic hydroxyl groups excluding tert-OH is 1. The van der Waals surface area contributed by atoms with Gasteiger partial charge in [0.2, 0.25) is 0 Å². The van der Waals surface area contributed by atoms with Crippen molar-refractivity contribution in [2.75, 3.05) is 32.8 Å². The largest absolute Gasteiger partial charge is 0.508 e. The van der Waals surface area contributed by atoms with Crippen LogP contribution in [0.25, 0.3) is 5.76 Å². The van der Waals surface area contributed by atoms with Gasteiger partial charge in [0.1, 0.15) is 23.9 Å². The lowest BCUT2D eigenvalue weighted by molar-refractivity contribution is -0.140. The van der Waals surface area contributed by atoms with E-state index in [0.717, 1.165) is 13.1 Å². The highest BCUT2D eigenvalue weighted by Crippen LogP contribution is 2.39. The molecule has 0 aromatic heterocycles. The number of hydrogen-bond donors (Lipinski definition) is 2. The summed E-state index contributed by atoms with van der Waals surface area (Å²) >= 11 is 0. The average molecular weight is 451 g/mol. The third kappa shape index (κ3) is 5.26. The summed E-state index contributed by atoms with van der Waals surface area (Å²) in [5.41, 5.74) is 1.08. The summed E-state index contributed by atoms with van der Waals surface area (Å²) in [4.78, 5) is 29.7. The minimum atomic E-state index is -0.752. The van der Waals surface area contributed by atoms with Crippen molar-refractivity contribution in [2.24, 2.45) is 0 Å². The number of benzene rings is 2. The van der Waals surface area contributed by atoms with Crippen LogP contribution in [-0.2, 0) is 9.59 Å². The molecule has 3 rings (SSSR count). The number of likely N-dealkylation sites (N-methyl/N-ethyl adjacent to an activating group) is 1. The Hall–Kier alpha value is -3.58. The molecule has 0 aliphatic carbocycles. The first-order valence-corrected chi connectivity index (χ1v) is 11.0. The number of amides is 1. The quantitative estimate of drug-likeness (QED) is 0.248. The summed E-state index contributed by atoms with van der Waals surface area (Å²) in [6, 6.07) is 12.2. The smallest absolute Gasteiger partial charge is 0.295 e. The third-order valence-electron chi connectivity index (χ3n) is 5.80. The first kappa shape index (κ1) is 24.1. The minimum absolute atomic E-state index is 0.0324. The van der Waals surface area contributed by atoms with E-state index in [2.05, 4.69) is 11.5 Å². The number of phenols is 1. The number of nitrogens with zero attached hydrogens (tertiary/aromatic N) is 2. The normalized spacial score (nSPS) is 17.5. The highest BCUT2D eigenvalue weighted by atomic mass is 16.5. The van der Waals surface area contributed by atoms with E-state index in [4.69, 9.17) is 4.74 Å². The van der Waals surface area contributed by atoms with Crippen molar-refractivity contribution in [3.8, 4) is 11.5 Å².